The summed E-state index contributed by atoms with van der Waals surface area (Å²) in [6, 6.07) is 20.3. The van der Waals surface area contributed by atoms with E-state index in [1.807, 2.05) is 55.5 Å². The number of nitrogens with zero attached hydrogens (tertiary/aromatic N) is 2. The smallest absolute Gasteiger partial charge is 0.323 e. The first kappa shape index (κ1) is 17.2. The van der Waals surface area contributed by atoms with Gasteiger partial charge in [0.05, 0.1) is 12.6 Å². The summed E-state index contributed by atoms with van der Waals surface area (Å²) in [5.74, 6) is 1.10. The molecule has 2 aromatic carbocycles. The molecule has 0 saturated heterocycles. The first-order valence-electron chi connectivity index (χ1n) is 8.86. The maximum atomic E-state index is 12.7. The molecule has 1 aliphatic heterocycles. The Kier molecular flexibility index (Phi) is 5.49. The molecule has 0 spiro atoms. The number of carbonyl (C=O) groups is 1. The fraction of sp³-hybridized carbons (Fsp3) is 0.333. The summed E-state index contributed by atoms with van der Waals surface area (Å²) in [5, 5.41) is 3.09. The van der Waals surface area contributed by atoms with E-state index in [-0.39, 0.29) is 18.0 Å². The van der Waals surface area contributed by atoms with Crippen molar-refractivity contribution in [3.8, 4) is 0 Å². The molecule has 130 valence electrons. The lowest BCUT2D eigenvalue weighted by molar-refractivity contribution is 0.219. The van der Waals surface area contributed by atoms with Crippen LogP contribution in [-0.4, -0.2) is 29.9 Å². The molecule has 0 aliphatic carbocycles. The van der Waals surface area contributed by atoms with E-state index in [1.54, 1.807) is 4.90 Å². The maximum absolute atomic E-state index is 12.7. The number of carbonyl (C=O) groups excluding carboxylic acids is 1. The van der Waals surface area contributed by atoms with E-state index in [1.165, 1.54) is 5.56 Å². The summed E-state index contributed by atoms with van der Waals surface area (Å²) in [5.41, 5.74) is 2.37. The van der Waals surface area contributed by atoms with Crippen LogP contribution in [0.25, 0.3) is 0 Å². The van der Waals surface area contributed by atoms with Gasteiger partial charge in [0.15, 0.2) is 0 Å². The fourth-order valence-electron chi connectivity index (χ4n) is 3.24. The van der Waals surface area contributed by atoms with E-state index in [0.29, 0.717) is 13.1 Å². The third kappa shape index (κ3) is 4.27. The van der Waals surface area contributed by atoms with Crippen molar-refractivity contribution in [1.82, 2.24) is 10.2 Å². The first-order valence-corrected chi connectivity index (χ1v) is 8.86. The van der Waals surface area contributed by atoms with Gasteiger partial charge in [-0.15, -0.1) is 0 Å². The highest BCUT2D eigenvalue weighted by molar-refractivity contribution is 6.00. The van der Waals surface area contributed by atoms with Gasteiger partial charge in [-0.1, -0.05) is 67.6 Å². The van der Waals surface area contributed by atoms with E-state index < -0.39 is 0 Å². The lowest BCUT2D eigenvalue weighted by Gasteiger charge is -2.25. The number of aliphatic imine (C=N–C) groups is 1. The summed E-state index contributed by atoms with van der Waals surface area (Å²) >= 11 is 0. The van der Waals surface area contributed by atoms with Crippen LogP contribution >= 0.6 is 0 Å². The average molecular weight is 335 g/mol. The highest BCUT2D eigenvalue weighted by Gasteiger charge is 2.28. The van der Waals surface area contributed by atoms with Gasteiger partial charge in [-0.2, -0.15) is 0 Å². The molecule has 0 unspecified atom stereocenters. The molecule has 2 atom stereocenters. The minimum atomic E-state index is -0.0625. The van der Waals surface area contributed by atoms with Crippen LogP contribution in [0.4, 0.5) is 4.79 Å². The predicted molar refractivity (Wildman–Crippen MR) is 102 cm³/mol. The zero-order valence-corrected chi connectivity index (χ0v) is 14.9. The Bertz CT molecular complexity index is 727. The van der Waals surface area contributed by atoms with Crippen LogP contribution in [0, 0.1) is 5.92 Å². The molecule has 0 radical (unpaired) electrons. The van der Waals surface area contributed by atoms with Crippen molar-refractivity contribution >= 4 is 11.9 Å². The molecule has 1 aliphatic rings. The van der Waals surface area contributed by atoms with Crippen molar-refractivity contribution in [2.75, 3.05) is 13.1 Å². The van der Waals surface area contributed by atoms with Crippen LogP contribution in [-0.2, 0) is 6.42 Å². The number of amides is 2. The standard InChI is InChI=1S/C21H25N3O/c1-16(15-18-9-5-3-6-10-18)20-22-13-14-24(20)21(25)23-17(2)19-11-7-4-8-12-19/h3-12,16-17H,13-15H2,1-2H3,(H,23,25)/t16-,17+/m1/s1. The van der Waals surface area contributed by atoms with Crippen LogP contribution in [0.3, 0.4) is 0 Å². The molecule has 3 rings (SSSR count). The van der Waals surface area contributed by atoms with Crippen LogP contribution in [0.5, 0.6) is 0 Å². The quantitative estimate of drug-likeness (QED) is 0.880. The van der Waals surface area contributed by atoms with Crippen molar-refractivity contribution < 1.29 is 4.79 Å². The predicted octanol–water partition coefficient (Wildman–Crippen LogP) is 4.05. The van der Waals surface area contributed by atoms with E-state index in [9.17, 15) is 4.79 Å². The van der Waals surface area contributed by atoms with Crippen LogP contribution in [0.1, 0.15) is 31.0 Å². The zero-order chi connectivity index (χ0) is 17.6. The molecular weight excluding hydrogens is 310 g/mol. The number of benzene rings is 2. The number of amidine groups is 1. The second kappa shape index (κ2) is 7.97. The maximum Gasteiger partial charge on any atom is 0.323 e. The number of rotatable bonds is 5. The van der Waals surface area contributed by atoms with Crippen molar-refractivity contribution in [2.45, 2.75) is 26.3 Å². The Morgan fingerprint density at radius 1 is 1.08 bits per heavy atom. The van der Waals surface area contributed by atoms with Gasteiger partial charge in [-0.3, -0.25) is 9.89 Å². The summed E-state index contributed by atoms with van der Waals surface area (Å²) in [4.78, 5) is 19.1. The van der Waals surface area contributed by atoms with Crippen molar-refractivity contribution in [1.29, 1.82) is 0 Å². The van der Waals surface area contributed by atoms with E-state index in [2.05, 4.69) is 29.4 Å². The number of nitrogens with one attached hydrogen (secondary N) is 1. The van der Waals surface area contributed by atoms with Crippen molar-refractivity contribution in [2.24, 2.45) is 10.9 Å². The molecule has 4 nitrogen and oxygen atoms in total. The van der Waals surface area contributed by atoms with Gasteiger partial charge in [-0.25, -0.2) is 4.79 Å². The van der Waals surface area contributed by atoms with E-state index in [0.717, 1.165) is 17.8 Å². The SMILES string of the molecule is C[C@H](Cc1ccccc1)C1=NCCN1C(=O)N[C@@H](C)c1ccccc1. The van der Waals surface area contributed by atoms with Gasteiger partial charge >= 0.3 is 6.03 Å². The Hall–Kier alpha value is -2.62. The van der Waals surface area contributed by atoms with Gasteiger partial charge < -0.3 is 5.32 Å². The molecule has 25 heavy (non-hydrogen) atoms. The zero-order valence-electron chi connectivity index (χ0n) is 14.9. The third-order valence-electron chi connectivity index (χ3n) is 4.58. The third-order valence-corrected chi connectivity index (χ3v) is 4.58. The monoisotopic (exact) mass is 335 g/mol. The van der Waals surface area contributed by atoms with Gasteiger partial charge in [0.1, 0.15) is 5.84 Å². The summed E-state index contributed by atoms with van der Waals surface area (Å²) in [7, 11) is 0. The number of hydrogen-bond acceptors (Lipinski definition) is 2. The molecule has 2 amide bonds. The molecule has 2 aromatic rings. The topological polar surface area (TPSA) is 44.7 Å². The van der Waals surface area contributed by atoms with E-state index in [4.69, 9.17) is 0 Å². The summed E-state index contributed by atoms with van der Waals surface area (Å²) in [6.45, 7) is 5.48. The minimum absolute atomic E-state index is 0.0278. The molecule has 0 bridgehead atoms. The van der Waals surface area contributed by atoms with Crippen LogP contribution < -0.4 is 5.32 Å². The van der Waals surface area contributed by atoms with Gasteiger partial charge in [0, 0.05) is 12.5 Å². The number of hydrogen-bond donors (Lipinski definition) is 1. The van der Waals surface area contributed by atoms with Crippen LogP contribution in [0.2, 0.25) is 0 Å². The van der Waals surface area contributed by atoms with Gasteiger partial charge in [0.2, 0.25) is 0 Å². The minimum Gasteiger partial charge on any atom is -0.331 e. The number of urea groups is 1. The van der Waals surface area contributed by atoms with Gasteiger partial charge in [-0.05, 0) is 24.5 Å². The molecule has 0 aromatic heterocycles. The lowest BCUT2D eigenvalue weighted by Crippen LogP contribution is -2.45. The molecule has 1 heterocycles. The Labute approximate surface area is 149 Å². The Morgan fingerprint density at radius 2 is 1.72 bits per heavy atom. The second-order valence-corrected chi connectivity index (χ2v) is 6.56. The highest BCUT2D eigenvalue weighted by Crippen LogP contribution is 2.18. The molecule has 1 N–H and O–H groups in total. The Balaban J connectivity index is 1.63. The molecular formula is C21H25N3O. The molecule has 4 heteroatoms. The fourth-order valence-corrected chi connectivity index (χ4v) is 3.24. The summed E-state index contributed by atoms with van der Waals surface area (Å²) < 4.78 is 0. The lowest BCUT2D eigenvalue weighted by atomic mass is 9.99. The first-order chi connectivity index (χ1) is 12.1. The van der Waals surface area contributed by atoms with Crippen molar-refractivity contribution in [3.63, 3.8) is 0 Å². The van der Waals surface area contributed by atoms with Gasteiger partial charge in [0.25, 0.3) is 0 Å². The largest absolute Gasteiger partial charge is 0.331 e. The van der Waals surface area contributed by atoms with Crippen molar-refractivity contribution in [3.05, 3.63) is 71.8 Å². The normalized spacial score (nSPS) is 16.2. The average Bonchev–Trinajstić information content (AvgIpc) is 3.13. The van der Waals surface area contributed by atoms with Crippen LogP contribution in [0.15, 0.2) is 65.7 Å². The second-order valence-electron chi connectivity index (χ2n) is 6.56. The summed E-state index contributed by atoms with van der Waals surface area (Å²) in [6.07, 6.45) is 0.887. The molecule has 0 fully saturated rings. The highest BCUT2D eigenvalue weighted by atomic mass is 16.2. The molecule has 0 saturated carbocycles. The van der Waals surface area contributed by atoms with E-state index >= 15 is 0 Å². The Morgan fingerprint density at radius 3 is 2.40 bits per heavy atom.